The van der Waals surface area contributed by atoms with Crippen LogP contribution in [0.2, 0.25) is 0 Å². The molecule has 0 fully saturated rings. The maximum Gasteiger partial charge on any atom is 0.417 e. The maximum atomic E-state index is 13.2. The molecule has 0 aliphatic rings. The van der Waals surface area contributed by atoms with Crippen LogP contribution in [0.1, 0.15) is 11.1 Å². The summed E-state index contributed by atoms with van der Waals surface area (Å²) in [6, 6.07) is 12.6. The van der Waals surface area contributed by atoms with Crippen molar-refractivity contribution in [3.05, 3.63) is 59.7 Å². The van der Waals surface area contributed by atoms with E-state index in [0.29, 0.717) is 11.1 Å². The van der Waals surface area contributed by atoms with Gasteiger partial charge in [0, 0.05) is 6.72 Å². The van der Waals surface area contributed by atoms with Crippen molar-refractivity contribution in [2.45, 2.75) is 12.8 Å². The van der Waals surface area contributed by atoms with Crippen molar-refractivity contribution in [3.63, 3.8) is 0 Å². The Morgan fingerprint density at radius 1 is 1.05 bits per heavy atom. The largest absolute Gasteiger partial charge is 0.417 e. The lowest BCUT2D eigenvalue weighted by molar-refractivity contribution is -0.137. The molecule has 0 saturated carbocycles. The Morgan fingerprint density at radius 3 is 2.35 bits per heavy atom. The van der Waals surface area contributed by atoms with Crippen LogP contribution in [0.5, 0.6) is 0 Å². The molecule has 0 aliphatic carbocycles. The second-order valence-electron chi connectivity index (χ2n) is 4.15. The molecular weight excluding hydrogens is 267 g/mol. The number of halogens is 3. The highest BCUT2D eigenvalue weighted by atomic mass is 19.4. The number of hydrogen-bond donors (Lipinski definition) is 0. The molecule has 0 aliphatic heterocycles. The Labute approximate surface area is 114 Å². The van der Waals surface area contributed by atoms with Gasteiger partial charge < -0.3 is 4.84 Å². The minimum atomic E-state index is -4.43. The quantitative estimate of drug-likeness (QED) is 0.596. The van der Waals surface area contributed by atoms with Crippen molar-refractivity contribution in [1.29, 1.82) is 0 Å². The van der Waals surface area contributed by atoms with Crippen LogP contribution in [0, 0.1) is 0 Å². The van der Waals surface area contributed by atoms with Crippen LogP contribution >= 0.6 is 0 Å². The summed E-state index contributed by atoms with van der Waals surface area (Å²) in [6.07, 6.45) is -4.43. The number of benzene rings is 2. The van der Waals surface area contributed by atoms with Gasteiger partial charge in [-0.3, -0.25) is 0 Å². The Balaban J connectivity index is 2.49. The molecule has 0 bridgehead atoms. The fourth-order valence-corrected chi connectivity index (χ4v) is 1.91. The molecular formula is C15H12F3NO. The SMILES string of the molecule is C=NOCc1ccc(-c2ccccc2)c(C(F)(F)F)c1. The Bertz CT molecular complexity index is 594. The maximum absolute atomic E-state index is 13.2. The molecule has 0 atom stereocenters. The van der Waals surface area contributed by atoms with Crippen LogP contribution in [0.15, 0.2) is 53.7 Å². The first-order valence-electron chi connectivity index (χ1n) is 5.86. The third kappa shape index (κ3) is 3.17. The van der Waals surface area contributed by atoms with Crippen molar-refractivity contribution >= 4 is 6.72 Å². The topological polar surface area (TPSA) is 21.6 Å². The first-order chi connectivity index (χ1) is 9.52. The van der Waals surface area contributed by atoms with Crippen LogP contribution in [-0.4, -0.2) is 6.72 Å². The van der Waals surface area contributed by atoms with Crippen LogP contribution in [0.4, 0.5) is 13.2 Å². The Morgan fingerprint density at radius 2 is 1.75 bits per heavy atom. The summed E-state index contributed by atoms with van der Waals surface area (Å²) in [4.78, 5) is 4.68. The first kappa shape index (κ1) is 14.1. The summed E-state index contributed by atoms with van der Waals surface area (Å²) in [5, 5.41) is 3.17. The van der Waals surface area contributed by atoms with Gasteiger partial charge >= 0.3 is 6.18 Å². The van der Waals surface area contributed by atoms with Crippen LogP contribution in [0.3, 0.4) is 0 Å². The monoisotopic (exact) mass is 279 g/mol. The molecule has 2 aromatic carbocycles. The summed E-state index contributed by atoms with van der Waals surface area (Å²) in [7, 11) is 0. The van der Waals surface area contributed by atoms with Crippen LogP contribution in [-0.2, 0) is 17.6 Å². The number of hydrogen-bond acceptors (Lipinski definition) is 2. The van der Waals surface area contributed by atoms with E-state index in [4.69, 9.17) is 0 Å². The molecule has 0 heterocycles. The highest BCUT2D eigenvalue weighted by molar-refractivity contribution is 5.68. The van der Waals surface area contributed by atoms with Crippen molar-refractivity contribution in [1.82, 2.24) is 0 Å². The van der Waals surface area contributed by atoms with Gasteiger partial charge in [0.05, 0.1) is 5.56 Å². The molecule has 20 heavy (non-hydrogen) atoms. The zero-order valence-electron chi connectivity index (χ0n) is 10.5. The molecule has 0 radical (unpaired) electrons. The molecule has 0 amide bonds. The predicted molar refractivity (Wildman–Crippen MR) is 71.2 cm³/mol. The van der Waals surface area contributed by atoms with Crippen molar-refractivity contribution in [2.75, 3.05) is 0 Å². The van der Waals surface area contributed by atoms with Gasteiger partial charge in [-0.15, -0.1) is 5.16 Å². The van der Waals surface area contributed by atoms with E-state index in [1.54, 1.807) is 36.4 Å². The number of oxime groups is 1. The minimum Gasteiger partial charge on any atom is -0.391 e. The molecule has 2 aromatic rings. The summed E-state index contributed by atoms with van der Waals surface area (Å²) < 4.78 is 39.5. The Hall–Kier alpha value is -2.30. The summed E-state index contributed by atoms with van der Waals surface area (Å²) in [5.41, 5.74) is 0.376. The molecule has 104 valence electrons. The predicted octanol–water partition coefficient (Wildman–Crippen LogP) is 4.50. The highest BCUT2D eigenvalue weighted by Gasteiger charge is 2.33. The van der Waals surface area contributed by atoms with E-state index in [1.807, 2.05) is 0 Å². The van der Waals surface area contributed by atoms with Gasteiger partial charge in [-0.05, 0) is 22.8 Å². The van der Waals surface area contributed by atoms with E-state index in [1.165, 1.54) is 6.07 Å². The lowest BCUT2D eigenvalue weighted by Gasteiger charge is -2.14. The fourth-order valence-electron chi connectivity index (χ4n) is 1.91. The van der Waals surface area contributed by atoms with Gasteiger partial charge in [-0.1, -0.05) is 42.5 Å². The molecule has 2 rings (SSSR count). The van der Waals surface area contributed by atoms with E-state index in [0.717, 1.165) is 6.07 Å². The van der Waals surface area contributed by atoms with Crippen molar-refractivity contribution < 1.29 is 18.0 Å². The van der Waals surface area contributed by atoms with Crippen molar-refractivity contribution in [3.8, 4) is 11.1 Å². The average Bonchev–Trinajstić information content (AvgIpc) is 2.45. The molecule has 2 nitrogen and oxygen atoms in total. The third-order valence-electron chi connectivity index (χ3n) is 2.80. The van der Waals surface area contributed by atoms with Gasteiger partial charge in [-0.25, -0.2) is 0 Å². The molecule has 5 heteroatoms. The standard InChI is InChI=1S/C15H12F3NO/c1-19-20-10-11-7-8-13(12-5-3-2-4-6-12)14(9-11)15(16,17)18/h2-9H,1,10H2. The van der Waals surface area contributed by atoms with E-state index in [2.05, 4.69) is 16.7 Å². The van der Waals surface area contributed by atoms with Crippen LogP contribution in [0.25, 0.3) is 11.1 Å². The highest BCUT2D eigenvalue weighted by Crippen LogP contribution is 2.37. The van der Waals surface area contributed by atoms with E-state index < -0.39 is 11.7 Å². The number of alkyl halides is 3. The molecule has 0 saturated heterocycles. The zero-order valence-corrected chi connectivity index (χ0v) is 10.5. The van der Waals surface area contributed by atoms with Gasteiger partial charge in [0.1, 0.15) is 6.61 Å². The molecule has 0 aromatic heterocycles. The van der Waals surface area contributed by atoms with E-state index in [9.17, 15) is 13.2 Å². The van der Waals surface area contributed by atoms with Crippen molar-refractivity contribution in [2.24, 2.45) is 5.16 Å². The lowest BCUT2D eigenvalue weighted by atomic mass is 9.97. The summed E-state index contributed by atoms with van der Waals surface area (Å²) in [6.45, 7) is 3.08. The smallest absolute Gasteiger partial charge is 0.391 e. The molecule has 0 unspecified atom stereocenters. The second-order valence-corrected chi connectivity index (χ2v) is 4.15. The third-order valence-corrected chi connectivity index (χ3v) is 2.80. The molecule has 0 spiro atoms. The van der Waals surface area contributed by atoms with Crippen LogP contribution < -0.4 is 0 Å². The number of rotatable bonds is 4. The first-order valence-corrected chi connectivity index (χ1v) is 5.86. The summed E-state index contributed by atoms with van der Waals surface area (Å²) in [5.74, 6) is 0. The fraction of sp³-hybridized carbons (Fsp3) is 0.133. The van der Waals surface area contributed by atoms with Gasteiger partial charge in [0.15, 0.2) is 0 Å². The van der Waals surface area contributed by atoms with Gasteiger partial charge in [0.25, 0.3) is 0 Å². The summed E-state index contributed by atoms with van der Waals surface area (Å²) >= 11 is 0. The number of nitrogens with zero attached hydrogens (tertiary/aromatic N) is 1. The Kier molecular flexibility index (Phi) is 4.08. The zero-order chi connectivity index (χ0) is 14.6. The van der Waals surface area contributed by atoms with E-state index in [-0.39, 0.29) is 12.2 Å². The average molecular weight is 279 g/mol. The van der Waals surface area contributed by atoms with E-state index >= 15 is 0 Å². The lowest BCUT2D eigenvalue weighted by Crippen LogP contribution is -2.08. The van der Waals surface area contributed by atoms with Gasteiger partial charge in [-0.2, -0.15) is 13.2 Å². The molecule has 0 N–H and O–H groups in total. The normalized spacial score (nSPS) is 11.2. The minimum absolute atomic E-state index is 0.0400. The van der Waals surface area contributed by atoms with Gasteiger partial charge in [0.2, 0.25) is 0 Å². The second kappa shape index (κ2) is 5.77.